The summed E-state index contributed by atoms with van der Waals surface area (Å²) < 4.78 is 80.4. The second kappa shape index (κ2) is 14.7. The summed E-state index contributed by atoms with van der Waals surface area (Å²) in [6, 6.07) is 0.0806. The summed E-state index contributed by atoms with van der Waals surface area (Å²) in [6.07, 6.45) is -1.90. The van der Waals surface area contributed by atoms with Crippen LogP contribution in [0.5, 0.6) is 0 Å². The minimum Gasteiger partial charge on any atom is -0.396 e. The Morgan fingerprint density at radius 1 is 0.923 bits per heavy atom. The molecule has 0 aromatic rings. The topological polar surface area (TPSA) is 55.8 Å². The molecule has 2 saturated carbocycles. The average Bonchev–Trinajstić information content (AvgIpc) is 2.90. The predicted octanol–water partition coefficient (Wildman–Crippen LogP) is 5.77. The van der Waals surface area contributed by atoms with Crippen molar-refractivity contribution in [1.29, 1.82) is 0 Å². The molecule has 3 atom stereocenters. The first kappa shape index (κ1) is 32.4. The first-order chi connectivity index (χ1) is 18.4. The highest BCUT2D eigenvalue weighted by Gasteiger charge is 2.51. The molecule has 39 heavy (non-hydrogen) atoms. The van der Waals surface area contributed by atoms with Gasteiger partial charge in [0.05, 0.1) is 17.9 Å². The Bertz CT molecular complexity index is 714. The zero-order chi connectivity index (χ0) is 28.6. The molecule has 0 spiro atoms. The minimum absolute atomic E-state index is 0.0493. The first-order valence-electron chi connectivity index (χ1n) is 14.9. The summed E-state index contributed by atoms with van der Waals surface area (Å²) in [7, 11) is 1.65. The van der Waals surface area contributed by atoms with Crippen LogP contribution in [-0.4, -0.2) is 85.1 Å². The van der Waals surface area contributed by atoms with E-state index in [2.05, 4.69) is 10.2 Å². The lowest BCUT2D eigenvalue weighted by Gasteiger charge is -2.43. The van der Waals surface area contributed by atoms with Crippen molar-refractivity contribution in [2.45, 2.75) is 108 Å². The summed E-state index contributed by atoms with van der Waals surface area (Å²) >= 11 is 0. The van der Waals surface area contributed by atoms with E-state index in [0.717, 1.165) is 77.4 Å². The Balaban J connectivity index is 1.60. The normalized spacial score (nSPS) is 27.4. The molecule has 1 heterocycles. The maximum absolute atomic E-state index is 13.8. The lowest BCUT2D eigenvalue weighted by atomic mass is 9.73. The quantitative estimate of drug-likeness (QED) is 0.244. The van der Waals surface area contributed by atoms with Crippen molar-refractivity contribution in [3.63, 3.8) is 0 Å². The highest BCUT2D eigenvalue weighted by molar-refractivity contribution is 5.82. The Hall–Kier alpha value is -1.07. The van der Waals surface area contributed by atoms with Gasteiger partial charge in [0.25, 0.3) is 0 Å². The van der Waals surface area contributed by atoms with E-state index in [-0.39, 0.29) is 50.3 Å². The number of rotatable bonds is 11. The number of alkyl halides is 6. The van der Waals surface area contributed by atoms with Crippen LogP contribution in [0.15, 0.2) is 0 Å². The molecule has 3 rings (SSSR count). The van der Waals surface area contributed by atoms with Gasteiger partial charge in [0.15, 0.2) is 0 Å². The molecule has 1 amide bonds. The van der Waals surface area contributed by atoms with Gasteiger partial charge in [-0.2, -0.15) is 26.3 Å². The van der Waals surface area contributed by atoms with Gasteiger partial charge in [0.2, 0.25) is 5.91 Å². The lowest BCUT2D eigenvalue weighted by Crippen LogP contribution is -2.56. The van der Waals surface area contributed by atoms with E-state index < -0.39 is 36.5 Å². The fourth-order valence-electron chi connectivity index (χ4n) is 6.95. The molecule has 11 heteroatoms. The van der Waals surface area contributed by atoms with Crippen LogP contribution < -0.4 is 5.32 Å². The first-order valence-corrected chi connectivity index (χ1v) is 14.9. The van der Waals surface area contributed by atoms with Crippen LogP contribution in [0.1, 0.15) is 83.5 Å². The number of halogens is 6. The number of amides is 1. The van der Waals surface area contributed by atoms with Gasteiger partial charge in [-0.25, -0.2) is 0 Å². The molecular formula is C28H47F6N3O2. The lowest BCUT2D eigenvalue weighted by molar-refractivity contribution is -0.229. The highest BCUT2D eigenvalue weighted by atomic mass is 19.4. The zero-order valence-electron chi connectivity index (χ0n) is 23.2. The average molecular weight is 572 g/mol. The van der Waals surface area contributed by atoms with E-state index in [1.54, 1.807) is 11.9 Å². The molecule has 3 aliphatic rings. The molecule has 0 aromatic carbocycles. The number of unbranched alkanes of at least 4 members (excludes halogenated alkanes) is 1. The summed E-state index contributed by atoms with van der Waals surface area (Å²) in [5.41, 5.74) is 0. The van der Waals surface area contributed by atoms with Crippen LogP contribution >= 0.6 is 0 Å². The van der Waals surface area contributed by atoms with E-state index in [9.17, 15) is 31.1 Å². The van der Waals surface area contributed by atoms with E-state index in [4.69, 9.17) is 5.11 Å². The monoisotopic (exact) mass is 571 g/mol. The van der Waals surface area contributed by atoms with Crippen molar-refractivity contribution in [3.8, 4) is 0 Å². The van der Waals surface area contributed by atoms with E-state index in [1.165, 1.54) is 0 Å². The molecule has 228 valence electrons. The second-order valence-corrected chi connectivity index (χ2v) is 12.1. The van der Waals surface area contributed by atoms with Crippen LogP contribution in [0.25, 0.3) is 0 Å². The van der Waals surface area contributed by atoms with Crippen molar-refractivity contribution in [1.82, 2.24) is 15.1 Å². The van der Waals surface area contributed by atoms with Crippen molar-refractivity contribution in [2.24, 2.45) is 23.7 Å². The molecule has 2 aliphatic carbocycles. The standard InChI is InChI=1S/C28H47F6N3O2/c1-36(13-9-20-17-22(27(29,30)31)19-23(18-20)28(32,33)34)26(39)25(21-7-3-2-4-8-21)37-14-10-24(11-15-37)35-12-5-6-16-38/h20-25,35,38H,2-19H2,1H3. The number of nitrogens with zero attached hydrogens (tertiary/aromatic N) is 2. The maximum atomic E-state index is 13.8. The van der Waals surface area contributed by atoms with Gasteiger partial charge in [-0.1, -0.05) is 19.3 Å². The van der Waals surface area contributed by atoms with Gasteiger partial charge < -0.3 is 15.3 Å². The van der Waals surface area contributed by atoms with Crippen molar-refractivity contribution >= 4 is 5.91 Å². The van der Waals surface area contributed by atoms with E-state index in [0.29, 0.717) is 6.04 Å². The van der Waals surface area contributed by atoms with Gasteiger partial charge in [-0.15, -0.1) is 0 Å². The fraction of sp³-hybridized carbons (Fsp3) is 0.964. The van der Waals surface area contributed by atoms with Gasteiger partial charge in [0, 0.05) is 39.3 Å². The number of hydrogen-bond donors (Lipinski definition) is 2. The van der Waals surface area contributed by atoms with Crippen molar-refractivity contribution in [3.05, 3.63) is 0 Å². The number of hydrogen-bond acceptors (Lipinski definition) is 4. The highest BCUT2D eigenvalue weighted by Crippen LogP contribution is 2.48. The second-order valence-electron chi connectivity index (χ2n) is 12.1. The summed E-state index contributed by atoms with van der Waals surface area (Å²) in [5.74, 6) is -4.43. The maximum Gasteiger partial charge on any atom is 0.391 e. The number of piperidine rings is 1. The summed E-state index contributed by atoms with van der Waals surface area (Å²) in [5, 5.41) is 12.5. The molecule has 1 saturated heterocycles. The summed E-state index contributed by atoms with van der Waals surface area (Å²) in [4.78, 5) is 17.6. The minimum atomic E-state index is -4.64. The molecule has 0 aromatic heterocycles. The Labute approximate surface area is 229 Å². The number of aliphatic hydroxyl groups excluding tert-OH is 1. The number of likely N-dealkylation sites (N-methyl/N-ethyl adjacent to an activating group) is 1. The van der Waals surface area contributed by atoms with Crippen LogP contribution in [0.3, 0.4) is 0 Å². The number of aliphatic hydroxyl groups is 1. The Kier molecular flexibility index (Phi) is 12.2. The number of carbonyl (C=O) groups excluding carboxylic acids is 1. The van der Waals surface area contributed by atoms with Gasteiger partial charge >= 0.3 is 12.4 Å². The van der Waals surface area contributed by atoms with Gasteiger partial charge in [0.1, 0.15) is 0 Å². The Morgan fingerprint density at radius 2 is 1.51 bits per heavy atom. The van der Waals surface area contributed by atoms with Gasteiger partial charge in [-0.3, -0.25) is 9.69 Å². The largest absolute Gasteiger partial charge is 0.396 e. The SMILES string of the molecule is CN(CCC1CC(C(F)(F)F)CC(C(F)(F)F)C1)C(=O)C(C1CCCCC1)N1CCC(NCCCCO)CC1. The number of likely N-dealkylation sites (tertiary alicyclic amines) is 1. The van der Waals surface area contributed by atoms with Crippen molar-refractivity contribution < 1.29 is 36.2 Å². The number of carbonyl (C=O) groups is 1. The molecule has 1 aliphatic heterocycles. The van der Waals surface area contributed by atoms with Crippen LogP contribution in [-0.2, 0) is 4.79 Å². The van der Waals surface area contributed by atoms with E-state index >= 15 is 0 Å². The molecule has 3 fully saturated rings. The molecule has 0 bridgehead atoms. The smallest absolute Gasteiger partial charge is 0.391 e. The summed E-state index contributed by atoms with van der Waals surface area (Å²) in [6.45, 7) is 2.77. The molecular weight excluding hydrogens is 524 g/mol. The van der Waals surface area contributed by atoms with Crippen molar-refractivity contribution in [2.75, 3.05) is 39.8 Å². The zero-order valence-corrected chi connectivity index (χ0v) is 23.2. The van der Waals surface area contributed by atoms with Crippen LogP contribution in [0.4, 0.5) is 26.3 Å². The molecule has 5 nitrogen and oxygen atoms in total. The third-order valence-electron chi connectivity index (χ3n) is 9.27. The predicted molar refractivity (Wildman–Crippen MR) is 138 cm³/mol. The molecule has 3 unspecified atom stereocenters. The van der Waals surface area contributed by atoms with Gasteiger partial charge in [-0.05, 0) is 82.6 Å². The molecule has 0 radical (unpaired) electrons. The number of nitrogens with one attached hydrogen (secondary N) is 1. The van der Waals surface area contributed by atoms with Crippen LogP contribution in [0.2, 0.25) is 0 Å². The molecule has 2 N–H and O–H groups in total. The third-order valence-corrected chi connectivity index (χ3v) is 9.27. The fourth-order valence-corrected chi connectivity index (χ4v) is 6.95. The van der Waals surface area contributed by atoms with Crippen LogP contribution in [0, 0.1) is 23.7 Å². The van der Waals surface area contributed by atoms with E-state index in [1.807, 2.05) is 0 Å². The third kappa shape index (κ3) is 9.76. The Morgan fingerprint density at radius 3 is 2.05 bits per heavy atom.